The monoisotopic (exact) mass is 535 g/mol. The Labute approximate surface area is 223 Å². The molecule has 4 rings (SSSR count). The van der Waals surface area contributed by atoms with Crippen LogP contribution in [0, 0.1) is 6.92 Å². The molecule has 0 saturated heterocycles. The summed E-state index contributed by atoms with van der Waals surface area (Å²) < 4.78 is 40.2. The number of unbranched alkanes of at least 4 members (excludes halogenated alkanes) is 2. The van der Waals surface area contributed by atoms with Crippen LogP contribution in [-0.2, 0) is 12.7 Å². The molecule has 202 valence electrons. The van der Waals surface area contributed by atoms with Crippen molar-refractivity contribution in [3.8, 4) is 0 Å². The van der Waals surface area contributed by atoms with Gasteiger partial charge in [-0.3, -0.25) is 9.89 Å². The predicted octanol–water partition coefficient (Wildman–Crippen LogP) is 9.27. The largest absolute Gasteiger partial charge is 0.416 e. The second kappa shape index (κ2) is 12.3. The summed E-state index contributed by atoms with van der Waals surface area (Å²) in [6.07, 6.45) is -1.73. The first kappa shape index (κ1) is 27.5. The number of H-pyrrole nitrogens is 1. The van der Waals surface area contributed by atoms with E-state index in [2.05, 4.69) is 37.8 Å². The van der Waals surface area contributed by atoms with Gasteiger partial charge < -0.3 is 5.32 Å². The average Bonchev–Trinajstić information content (AvgIpc) is 3.21. The number of alkyl halides is 3. The molecule has 0 aliphatic heterocycles. The highest BCUT2D eigenvalue weighted by molar-refractivity contribution is 5.67. The van der Waals surface area contributed by atoms with Gasteiger partial charge in [-0.1, -0.05) is 38.0 Å². The van der Waals surface area contributed by atoms with Crippen molar-refractivity contribution in [1.29, 1.82) is 0 Å². The SMILES string of the molecule is CCCCCn1[nH]c(Nc2ccc(C(F)(F)F)cc2)c(N=Nc2ccc(N=Nc3ccccc3)c(C)c2)c1=O. The van der Waals surface area contributed by atoms with E-state index in [9.17, 15) is 18.0 Å². The van der Waals surface area contributed by atoms with Crippen LogP contribution in [0.2, 0.25) is 0 Å². The summed E-state index contributed by atoms with van der Waals surface area (Å²) in [4.78, 5) is 13.1. The van der Waals surface area contributed by atoms with Gasteiger partial charge in [0.2, 0.25) is 0 Å². The smallest absolute Gasteiger partial charge is 0.339 e. The van der Waals surface area contributed by atoms with Gasteiger partial charge in [-0.2, -0.15) is 28.5 Å². The van der Waals surface area contributed by atoms with E-state index in [1.165, 1.54) is 16.8 Å². The van der Waals surface area contributed by atoms with E-state index in [1.807, 2.05) is 37.3 Å². The van der Waals surface area contributed by atoms with Crippen molar-refractivity contribution >= 4 is 34.3 Å². The molecule has 0 radical (unpaired) electrons. The number of hydrogen-bond acceptors (Lipinski definition) is 6. The van der Waals surface area contributed by atoms with Crippen LogP contribution in [0.5, 0.6) is 0 Å². The Bertz CT molecular complexity index is 1510. The number of rotatable bonds is 10. The zero-order valence-corrected chi connectivity index (χ0v) is 21.5. The number of azo groups is 2. The number of halogens is 3. The maximum Gasteiger partial charge on any atom is 0.416 e. The summed E-state index contributed by atoms with van der Waals surface area (Å²) in [5.74, 6) is 0.241. The Kier molecular flexibility index (Phi) is 8.70. The third-order valence-electron chi connectivity index (χ3n) is 5.87. The van der Waals surface area contributed by atoms with Gasteiger partial charge in [-0.05, 0) is 73.5 Å². The molecule has 11 heteroatoms. The van der Waals surface area contributed by atoms with Crippen LogP contribution in [0.15, 0.2) is 98.0 Å². The molecule has 0 atom stereocenters. The number of nitrogens with zero attached hydrogens (tertiary/aromatic N) is 5. The molecule has 0 bridgehead atoms. The molecular formula is C28H28F3N7O. The first-order valence-corrected chi connectivity index (χ1v) is 12.5. The van der Waals surface area contributed by atoms with Crippen molar-refractivity contribution in [3.63, 3.8) is 0 Å². The lowest BCUT2D eigenvalue weighted by molar-refractivity contribution is -0.137. The van der Waals surface area contributed by atoms with Crippen LogP contribution in [0.25, 0.3) is 0 Å². The molecule has 4 aromatic rings. The standard InChI is InChI=1S/C28H28F3N7O/c1-3-4-8-17-38-27(39)25(26(37-38)32-21-13-11-20(12-14-21)28(29,30)31)36-34-23-15-16-24(19(2)18-23)35-33-22-9-6-5-7-10-22/h5-7,9-16,18,32,37H,3-4,8,17H2,1-2H3. The fourth-order valence-electron chi connectivity index (χ4n) is 3.75. The summed E-state index contributed by atoms with van der Waals surface area (Å²) in [5.41, 5.74) is 1.97. The molecule has 2 N–H and O–H groups in total. The van der Waals surface area contributed by atoms with Crippen molar-refractivity contribution in [1.82, 2.24) is 9.78 Å². The Morgan fingerprint density at radius 3 is 2.26 bits per heavy atom. The quantitative estimate of drug-likeness (QED) is 0.156. The molecule has 8 nitrogen and oxygen atoms in total. The van der Waals surface area contributed by atoms with E-state index in [-0.39, 0.29) is 17.1 Å². The minimum absolute atomic E-state index is 0.0249. The second-order valence-corrected chi connectivity index (χ2v) is 8.91. The molecule has 0 spiro atoms. The molecule has 1 heterocycles. The van der Waals surface area contributed by atoms with Crippen molar-refractivity contribution in [2.24, 2.45) is 20.5 Å². The summed E-state index contributed by atoms with van der Waals surface area (Å²) in [6, 6.07) is 19.1. The Morgan fingerprint density at radius 1 is 0.872 bits per heavy atom. The van der Waals surface area contributed by atoms with E-state index in [4.69, 9.17) is 0 Å². The van der Waals surface area contributed by atoms with Crippen LogP contribution in [0.3, 0.4) is 0 Å². The van der Waals surface area contributed by atoms with E-state index in [0.717, 1.165) is 42.6 Å². The molecule has 0 aliphatic carbocycles. The zero-order valence-electron chi connectivity index (χ0n) is 21.5. The number of anilines is 2. The van der Waals surface area contributed by atoms with Gasteiger partial charge in [0.1, 0.15) is 0 Å². The maximum atomic E-state index is 13.1. The van der Waals surface area contributed by atoms with Crippen LogP contribution in [0.1, 0.15) is 37.3 Å². The number of hydrogen-bond donors (Lipinski definition) is 2. The van der Waals surface area contributed by atoms with Crippen molar-refractivity contribution in [3.05, 3.63) is 94.3 Å². The third kappa shape index (κ3) is 7.28. The highest BCUT2D eigenvalue weighted by Gasteiger charge is 2.30. The third-order valence-corrected chi connectivity index (χ3v) is 5.87. The van der Waals surface area contributed by atoms with Crippen molar-refractivity contribution in [2.45, 2.75) is 45.8 Å². The topological polar surface area (TPSA) is 99.3 Å². The molecule has 0 fully saturated rings. The molecular weight excluding hydrogens is 507 g/mol. The van der Waals surface area contributed by atoms with E-state index in [1.54, 1.807) is 18.2 Å². The zero-order chi connectivity index (χ0) is 27.8. The number of aromatic amines is 1. The normalized spacial score (nSPS) is 12.0. The first-order chi connectivity index (χ1) is 18.7. The Balaban J connectivity index is 1.58. The van der Waals surface area contributed by atoms with E-state index in [0.29, 0.717) is 23.6 Å². The number of aromatic nitrogens is 2. The van der Waals surface area contributed by atoms with E-state index < -0.39 is 11.7 Å². The van der Waals surface area contributed by atoms with Gasteiger partial charge in [0, 0.05) is 12.2 Å². The number of aryl methyl sites for hydroxylation is 2. The maximum absolute atomic E-state index is 13.1. The molecule has 3 aromatic carbocycles. The van der Waals surface area contributed by atoms with Crippen molar-refractivity contribution in [2.75, 3.05) is 5.32 Å². The minimum atomic E-state index is -4.44. The van der Waals surface area contributed by atoms with Gasteiger partial charge >= 0.3 is 6.18 Å². The number of benzene rings is 3. The van der Waals surface area contributed by atoms with Crippen LogP contribution < -0.4 is 10.9 Å². The summed E-state index contributed by atoms with van der Waals surface area (Å²) in [7, 11) is 0. The predicted molar refractivity (Wildman–Crippen MR) is 145 cm³/mol. The fraction of sp³-hybridized carbons (Fsp3) is 0.250. The van der Waals surface area contributed by atoms with Gasteiger partial charge in [-0.15, -0.1) is 5.11 Å². The van der Waals surface area contributed by atoms with Gasteiger partial charge in [0.15, 0.2) is 11.5 Å². The molecule has 0 amide bonds. The first-order valence-electron chi connectivity index (χ1n) is 12.5. The lowest BCUT2D eigenvalue weighted by Crippen LogP contribution is -2.16. The van der Waals surface area contributed by atoms with Crippen LogP contribution in [0.4, 0.5) is 47.4 Å². The summed E-state index contributed by atoms with van der Waals surface area (Å²) in [5, 5.41) is 22.9. The lowest BCUT2D eigenvalue weighted by Gasteiger charge is -2.09. The van der Waals surface area contributed by atoms with Crippen LogP contribution in [-0.4, -0.2) is 9.78 Å². The number of nitrogens with one attached hydrogen (secondary N) is 2. The van der Waals surface area contributed by atoms with Gasteiger partial charge in [0.25, 0.3) is 5.56 Å². The van der Waals surface area contributed by atoms with Gasteiger partial charge in [0.05, 0.1) is 22.6 Å². The lowest BCUT2D eigenvalue weighted by atomic mass is 10.2. The fourth-order valence-corrected chi connectivity index (χ4v) is 3.75. The summed E-state index contributed by atoms with van der Waals surface area (Å²) >= 11 is 0. The molecule has 0 aliphatic rings. The Morgan fingerprint density at radius 2 is 1.59 bits per heavy atom. The second-order valence-electron chi connectivity index (χ2n) is 8.91. The Hall–Kier alpha value is -4.54. The van der Waals surface area contributed by atoms with E-state index >= 15 is 0 Å². The van der Waals surface area contributed by atoms with Crippen LogP contribution >= 0.6 is 0 Å². The highest BCUT2D eigenvalue weighted by Crippen LogP contribution is 2.32. The van der Waals surface area contributed by atoms with Crippen molar-refractivity contribution < 1.29 is 13.2 Å². The molecule has 39 heavy (non-hydrogen) atoms. The molecule has 1 aromatic heterocycles. The minimum Gasteiger partial charge on any atom is -0.339 e. The average molecular weight is 536 g/mol. The molecule has 0 saturated carbocycles. The highest BCUT2D eigenvalue weighted by atomic mass is 19.4. The summed E-state index contributed by atoms with van der Waals surface area (Å²) in [6.45, 7) is 4.38. The van der Waals surface area contributed by atoms with Gasteiger partial charge in [-0.25, -0.2) is 4.68 Å². The molecule has 0 unspecified atom stereocenters.